The highest BCUT2D eigenvalue weighted by Crippen LogP contribution is 2.36. The van der Waals surface area contributed by atoms with Gasteiger partial charge in [0, 0.05) is 11.3 Å². The number of benzene rings is 2. The number of carbonyl (C=O) groups excluding carboxylic acids is 2. The third-order valence-corrected chi connectivity index (χ3v) is 3.65. The van der Waals surface area contributed by atoms with E-state index in [1.54, 1.807) is 12.1 Å². The molecular formula is C17H14ClF3N2O3. The number of amides is 2. The van der Waals surface area contributed by atoms with Crippen LogP contribution in [0.1, 0.15) is 15.9 Å². The number of ether oxygens (including phenoxy) is 1. The summed E-state index contributed by atoms with van der Waals surface area (Å²) in [5, 5.41) is 4.18. The van der Waals surface area contributed by atoms with Gasteiger partial charge < -0.3 is 15.4 Å². The Morgan fingerprint density at radius 1 is 1.12 bits per heavy atom. The van der Waals surface area contributed by atoms with E-state index >= 15 is 0 Å². The predicted molar refractivity (Wildman–Crippen MR) is 90.4 cm³/mol. The monoisotopic (exact) mass is 386 g/mol. The van der Waals surface area contributed by atoms with Crippen LogP contribution in [0.15, 0.2) is 42.5 Å². The van der Waals surface area contributed by atoms with E-state index in [1.807, 2.05) is 0 Å². The maximum atomic E-state index is 12.8. The Balaban J connectivity index is 1.95. The van der Waals surface area contributed by atoms with Crippen molar-refractivity contribution < 1.29 is 27.5 Å². The van der Waals surface area contributed by atoms with Gasteiger partial charge in [0.1, 0.15) is 5.75 Å². The van der Waals surface area contributed by atoms with Gasteiger partial charge in [-0.3, -0.25) is 9.59 Å². The van der Waals surface area contributed by atoms with Crippen LogP contribution in [0, 0.1) is 0 Å². The molecule has 138 valence electrons. The molecule has 0 atom stereocenters. The lowest BCUT2D eigenvalue weighted by molar-refractivity contribution is -0.137. The molecule has 2 amide bonds. The van der Waals surface area contributed by atoms with E-state index < -0.39 is 35.1 Å². The molecule has 0 fully saturated rings. The minimum atomic E-state index is -4.64. The summed E-state index contributed by atoms with van der Waals surface area (Å²) in [6.45, 7) is -0.408. The topological polar surface area (TPSA) is 67.4 Å². The summed E-state index contributed by atoms with van der Waals surface area (Å²) in [6.07, 6.45) is -4.64. The van der Waals surface area contributed by atoms with Crippen LogP contribution in [-0.4, -0.2) is 25.5 Å². The minimum Gasteiger partial charge on any atom is -0.497 e. The summed E-state index contributed by atoms with van der Waals surface area (Å²) in [6, 6.07) is 9.20. The number of anilines is 1. The first-order chi connectivity index (χ1) is 12.2. The maximum absolute atomic E-state index is 12.8. The number of carbonyl (C=O) groups is 2. The molecule has 0 spiro atoms. The molecule has 26 heavy (non-hydrogen) atoms. The summed E-state index contributed by atoms with van der Waals surface area (Å²) in [5.74, 6) is -0.611. The summed E-state index contributed by atoms with van der Waals surface area (Å²) < 4.78 is 43.4. The second-order valence-electron chi connectivity index (χ2n) is 5.15. The second kappa shape index (κ2) is 8.09. The fourth-order valence-corrected chi connectivity index (χ4v) is 2.26. The van der Waals surface area contributed by atoms with Gasteiger partial charge in [-0.1, -0.05) is 11.6 Å². The lowest BCUT2D eigenvalue weighted by Gasteiger charge is -2.12. The molecule has 5 nitrogen and oxygen atoms in total. The molecule has 0 radical (unpaired) electrons. The van der Waals surface area contributed by atoms with Crippen LogP contribution >= 0.6 is 11.6 Å². The molecular weight excluding hydrogens is 373 g/mol. The second-order valence-corrected chi connectivity index (χ2v) is 5.56. The lowest BCUT2D eigenvalue weighted by atomic mass is 10.2. The van der Waals surface area contributed by atoms with E-state index in [0.717, 1.165) is 12.1 Å². The van der Waals surface area contributed by atoms with Crippen LogP contribution in [0.25, 0.3) is 0 Å². The third-order valence-electron chi connectivity index (χ3n) is 3.32. The average Bonchev–Trinajstić information content (AvgIpc) is 2.60. The van der Waals surface area contributed by atoms with Gasteiger partial charge >= 0.3 is 6.18 Å². The number of methoxy groups -OCH3 is 1. The van der Waals surface area contributed by atoms with Gasteiger partial charge in [-0.2, -0.15) is 13.2 Å². The molecule has 0 heterocycles. The van der Waals surface area contributed by atoms with E-state index in [9.17, 15) is 22.8 Å². The summed E-state index contributed by atoms with van der Waals surface area (Å²) in [5.41, 5.74) is -0.825. The zero-order valence-electron chi connectivity index (χ0n) is 13.5. The lowest BCUT2D eigenvalue weighted by Crippen LogP contribution is -2.32. The zero-order chi connectivity index (χ0) is 19.3. The van der Waals surface area contributed by atoms with E-state index in [4.69, 9.17) is 16.3 Å². The van der Waals surface area contributed by atoms with E-state index in [-0.39, 0.29) is 5.69 Å². The Morgan fingerprint density at radius 2 is 1.77 bits per heavy atom. The van der Waals surface area contributed by atoms with Crippen LogP contribution < -0.4 is 15.4 Å². The summed E-state index contributed by atoms with van der Waals surface area (Å²) in [7, 11) is 1.49. The number of halogens is 4. The fourth-order valence-electron chi connectivity index (χ4n) is 2.03. The van der Waals surface area contributed by atoms with Crippen molar-refractivity contribution in [2.45, 2.75) is 6.18 Å². The van der Waals surface area contributed by atoms with Crippen molar-refractivity contribution in [2.24, 2.45) is 0 Å². The largest absolute Gasteiger partial charge is 0.497 e. The van der Waals surface area contributed by atoms with Crippen LogP contribution in [-0.2, 0) is 11.0 Å². The van der Waals surface area contributed by atoms with Crippen molar-refractivity contribution in [2.75, 3.05) is 19.0 Å². The molecule has 0 saturated carbocycles. The van der Waals surface area contributed by atoms with Crippen molar-refractivity contribution in [3.8, 4) is 5.75 Å². The van der Waals surface area contributed by atoms with Crippen LogP contribution in [0.3, 0.4) is 0 Å². The number of rotatable bonds is 5. The normalized spacial score (nSPS) is 11.0. The predicted octanol–water partition coefficient (Wildman–Crippen LogP) is 3.74. The van der Waals surface area contributed by atoms with Crippen molar-refractivity contribution in [3.05, 3.63) is 58.6 Å². The van der Waals surface area contributed by atoms with Gasteiger partial charge in [-0.05, 0) is 42.5 Å². The first-order valence-electron chi connectivity index (χ1n) is 7.29. The van der Waals surface area contributed by atoms with E-state index in [0.29, 0.717) is 11.3 Å². The Labute approximate surface area is 152 Å². The number of hydrogen-bond acceptors (Lipinski definition) is 3. The first kappa shape index (κ1) is 19.6. The van der Waals surface area contributed by atoms with Crippen molar-refractivity contribution in [1.82, 2.24) is 5.32 Å². The maximum Gasteiger partial charge on any atom is 0.417 e. The quantitative estimate of drug-likeness (QED) is 0.822. The summed E-state index contributed by atoms with van der Waals surface area (Å²) in [4.78, 5) is 23.8. The number of nitrogens with one attached hydrogen (secondary N) is 2. The first-order valence-corrected chi connectivity index (χ1v) is 7.67. The van der Waals surface area contributed by atoms with Gasteiger partial charge in [0.2, 0.25) is 5.91 Å². The van der Waals surface area contributed by atoms with Crippen molar-refractivity contribution in [1.29, 1.82) is 0 Å². The number of hydrogen-bond donors (Lipinski definition) is 2. The van der Waals surface area contributed by atoms with Gasteiger partial charge in [0.15, 0.2) is 0 Å². The van der Waals surface area contributed by atoms with Crippen LogP contribution in [0.4, 0.5) is 18.9 Å². The molecule has 0 aliphatic carbocycles. The Hall–Kier alpha value is -2.74. The average molecular weight is 387 g/mol. The van der Waals surface area contributed by atoms with Gasteiger partial charge in [0.05, 0.1) is 24.2 Å². The molecule has 0 aliphatic heterocycles. The molecule has 2 N–H and O–H groups in total. The standard InChI is InChI=1S/C17H14ClF3N2O3/c1-26-12-5-2-10(3-6-12)16(25)22-9-15(24)23-11-4-7-14(18)13(8-11)17(19,20)21/h2-8H,9H2,1H3,(H,22,25)(H,23,24). The van der Waals surface area contributed by atoms with Crippen LogP contribution in [0.5, 0.6) is 5.75 Å². The smallest absolute Gasteiger partial charge is 0.417 e. The minimum absolute atomic E-state index is 0.0783. The molecule has 2 rings (SSSR count). The molecule has 0 aliphatic rings. The molecule has 9 heteroatoms. The Bertz CT molecular complexity index is 808. The molecule has 0 unspecified atom stereocenters. The highest BCUT2D eigenvalue weighted by atomic mass is 35.5. The fraction of sp³-hybridized carbons (Fsp3) is 0.176. The molecule has 0 saturated heterocycles. The highest BCUT2D eigenvalue weighted by Gasteiger charge is 2.33. The van der Waals surface area contributed by atoms with Crippen LogP contribution in [0.2, 0.25) is 5.02 Å². The molecule has 0 bridgehead atoms. The Morgan fingerprint density at radius 3 is 2.35 bits per heavy atom. The van der Waals surface area contributed by atoms with Gasteiger partial charge in [-0.25, -0.2) is 0 Å². The zero-order valence-corrected chi connectivity index (χ0v) is 14.2. The molecule has 2 aromatic carbocycles. The molecule has 0 aromatic heterocycles. The number of alkyl halides is 3. The van der Waals surface area contributed by atoms with E-state index in [2.05, 4.69) is 10.6 Å². The van der Waals surface area contributed by atoms with Crippen molar-refractivity contribution in [3.63, 3.8) is 0 Å². The summed E-state index contributed by atoms with van der Waals surface area (Å²) >= 11 is 5.51. The SMILES string of the molecule is COc1ccc(C(=O)NCC(=O)Nc2ccc(Cl)c(C(F)(F)F)c2)cc1. The highest BCUT2D eigenvalue weighted by molar-refractivity contribution is 6.31. The van der Waals surface area contributed by atoms with Crippen molar-refractivity contribution >= 4 is 29.1 Å². The Kier molecular flexibility index (Phi) is 6.10. The van der Waals surface area contributed by atoms with E-state index in [1.165, 1.54) is 25.3 Å². The third kappa shape index (κ3) is 5.13. The molecule has 2 aromatic rings. The van der Waals surface area contributed by atoms with Gasteiger partial charge in [0.25, 0.3) is 5.91 Å². The van der Waals surface area contributed by atoms with Gasteiger partial charge in [-0.15, -0.1) is 0 Å².